The van der Waals surface area contributed by atoms with E-state index in [0.717, 1.165) is 36.3 Å². The summed E-state index contributed by atoms with van der Waals surface area (Å²) in [4.78, 5) is 17.4. The molecule has 5 heterocycles. The highest BCUT2D eigenvalue weighted by molar-refractivity contribution is 6.31. The Morgan fingerprint density at radius 3 is 2.97 bits per heavy atom. The van der Waals surface area contributed by atoms with Gasteiger partial charge in [-0.25, -0.2) is 14.4 Å². The zero-order valence-electron chi connectivity index (χ0n) is 22.2. The summed E-state index contributed by atoms with van der Waals surface area (Å²) in [6.45, 7) is 4.58. The number of nitrogens with zero attached hydrogens (tertiary/aromatic N) is 6. The van der Waals surface area contributed by atoms with Crippen molar-refractivity contribution in [2.75, 3.05) is 20.1 Å². The smallest absolute Gasteiger partial charge is 0.166 e. The van der Waals surface area contributed by atoms with E-state index in [9.17, 15) is 9.18 Å². The minimum Gasteiger partial charge on any atom is -0.381 e. The maximum absolute atomic E-state index is 13.0. The van der Waals surface area contributed by atoms with Crippen LogP contribution in [0.4, 0.5) is 4.39 Å². The highest BCUT2D eigenvalue weighted by Crippen LogP contribution is 2.20. The number of aldehydes is 1. The molecule has 0 bridgehead atoms. The molecule has 9 nitrogen and oxygen atoms in total. The summed E-state index contributed by atoms with van der Waals surface area (Å²) in [6, 6.07) is 2.44. The van der Waals surface area contributed by atoms with Crippen LogP contribution < -0.4 is 5.32 Å². The molecule has 0 amide bonds. The lowest BCUT2D eigenvalue weighted by Gasteiger charge is -2.25. The lowest BCUT2D eigenvalue weighted by atomic mass is 10.0. The van der Waals surface area contributed by atoms with Gasteiger partial charge < -0.3 is 10.2 Å². The second-order valence-corrected chi connectivity index (χ2v) is 9.29. The molecule has 0 radical (unpaired) electrons. The van der Waals surface area contributed by atoms with Crippen LogP contribution >= 0.6 is 0 Å². The third kappa shape index (κ3) is 7.34. The number of hydrogen-bond acceptors (Lipinski definition) is 7. The molecule has 1 saturated heterocycles. The number of nitrogens with one attached hydrogen (secondary N) is 2. The Morgan fingerprint density at radius 1 is 1.33 bits per heavy atom. The van der Waals surface area contributed by atoms with Crippen LogP contribution in [0.3, 0.4) is 0 Å². The molecular weight excluding hydrogens is 495 g/mol. The number of hydrogen-bond donors (Lipinski definition) is 2. The van der Waals surface area contributed by atoms with Gasteiger partial charge in [0.1, 0.15) is 22.9 Å². The molecule has 39 heavy (non-hydrogen) atoms. The second-order valence-electron chi connectivity index (χ2n) is 9.29. The summed E-state index contributed by atoms with van der Waals surface area (Å²) in [6.07, 6.45) is 20.8. The minimum absolute atomic E-state index is 0.290. The Balaban J connectivity index is 0.000000181. The van der Waals surface area contributed by atoms with Crippen LogP contribution in [0.1, 0.15) is 31.9 Å². The summed E-state index contributed by atoms with van der Waals surface area (Å²) in [5.41, 5.74) is 6.27. The molecule has 10 heteroatoms. The molecule has 0 unspecified atom stereocenters. The van der Waals surface area contributed by atoms with Gasteiger partial charge in [-0.3, -0.25) is 14.9 Å². The summed E-state index contributed by atoms with van der Waals surface area (Å²) < 4.78 is 15.0. The number of rotatable bonds is 5. The minimum atomic E-state index is -0.375. The molecule has 0 aliphatic carbocycles. The van der Waals surface area contributed by atoms with Crippen LogP contribution in [-0.4, -0.2) is 69.9 Å². The number of hydrazone groups is 1. The first kappa shape index (κ1) is 27.6. The maximum Gasteiger partial charge on any atom is 0.166 e. The van der Waals surface area contributed by atoms with Crippen molar-refractivity contribution < 1.29 is 9.18 Å². The number of amidine groups is 1. The number of halogens is 1. The van der Waals surface area contributed by atoms with E-state index in [1.54, 1.807) is 12.3 Å². The molecule has 0 aromatic carbocycles. The van der Waals surface area contributed by atoms with Crippen molar-refractivity contribution in [3.05, 3.63) is 89.5 Å². The Bertz CT molecular complexity index is 1370. The van der Waals surface area contributed by atoms with Gasteiger partial charge in [0.2, 0.25) is 0 Å². The van der Waals surface area contributed by atoms with E-state index in [1.807, 2.05) is 48.2 Å². The van der Waals surface area contributed by atoms with E-state index < -0.39 is 0 Å². The van der Waals surface area contributed by atoms with Crippen molar-refractivity contribution in [1.29, 1.82) is 5.41 Å². The van der Waals surface area contributed by atoms with Crippen LogP contribution in [0, 0.1) is 5.41 Å². The van der Waals surface area contributed by atoms with Gasteiger partial charge in [0.15, 0.2) is 12.1 Å². The van der Waals surface area contributed by atoms with E-state index in [1.165, 1.54) is 36.2 Å². The first-order valence-electron chi connectivity index (χ1n) is 12.9. The van der Waals surface area contributed by atoms with Gasteiger partial charge in [0.05, 0.1) is 12.8 Å². The topological polar surface area (TPSA) is 102 Å². The molecule has 1 aromatic rings. The van der Waals surface area contributed by atoms with Gasteiger partial charge in [-0.2, -0.15) is 10.2 Å². The van der Waals surface area contributed by atoms with Crippen LogP contribution in [-0.2, 0) is 11.3 Å². The standard InChI is InChI=1S/C15H17FN4.C14H16N4O/c1-19-8-3-5-13(19)11-20-9-7-15(18-20)14-6-2-4-12(16)10-17-14;1-2-8-18-14(15)12(9-11(10-19)17-18)13-6-4-3-5-7-16-13/h2,4,7,9-10,13H,3,5,8,11H2,1H3;2-6,8,10,15-16H,7,9H2,1H3/b;8-2-,13-12+,15-14?/t13-;/m0./s1. The third-order valence-electron chi connectivity index (χ3n) is 6.51. The molecular formula is C29H33FN8O. The summed E-state index contributed by atoms with van der Waals surface area (Å²) in [7, 11) is 2.15. The Hall–Kier alpha value is -4.40. The van der Waals surface area contributed by atoms with Crippen LogP contribution in [0.25, 0.3) is 5.70 Å². The number of allylic oxidation sites excluding steroid dienone is 7. The van der Waals surface area contributed by atoms with Crippen molar-refractivity contribution in [2.24, 2.45) is 10.1 Å². The van der Waals surface area contributed by atoms with Crippen molar-refractivity contribution in [3.63, 3.8) is 0 Å². The number of likely N-dealkylation sites (tertiary alicyclic amines) is 1. The van der Waals surface area contributed by atoms with E-state index in [0.29, 0.717) is 30.4 Å². The predicted molar refractivity (Wildman–Crippen MR) is 153 cm³/mol. The summed E-state index contributed by atoms with van der Waals surface area (Å²) >= 11 is 0. The fourth-order valence-corrected chi connectivity index (χ4v) is 4.46. The number of likely N-dealkylation sites (N-methyl/N-ethyl adjacent to an activating group) is 1. The highest BCUT2D eigenvalue weighted by Gasteiger charge is 2.23. The van der Waals surface area contributed by atoms with Crippen molar-refractivity contribution in [1.82, 2.24) is 25.0 Å². The van der Waals surface area contributed by atoms with Crippen molar-refractivity contribution >= 4 is 29.7 Å². The molecule has 1 fully saturated rings. The van der Waals surface area contributed by atoms with Crippen LogP contribution in [0.15, 0.2) is 93.9 Å². The lowest BCUT2D eigenvalue weighted by molar-refractivity contribution is -0.102. The van der Waals surface area contributed by atoms with Gasteiger partial charge in [0, 0.05) is 42.7 Å². The Labute approximate surface area is 228 Å². The number of aromatic nitrogens is 2. The quantitative estimate of drug-likeness (QED) is 0.442. The van der Waals surface area contributed by atoms with Crippen molar-refractivity contribution in [2.45, 2.75) is 38.8 Å². The van der Waals surface area contributed by atoms with Crippen LogP contribution in [0.5, 0.6) is 0 Å². The molecule has 1 aromatic heterocycles. The van der Waals surface area contributed by atoms with Gasteiger partial charge in [-0.15, -0.1) is 0 Å². The zero-order valence-corrected chi connectivity index (χ0v) is 22.2. The van der Waals surface area contributed by atoms with E-state index >= 15 is 0 Å². The molecule has 2 N–H and O–H groups in total. The van der Waals surface area contributed by atoms with Crippen LogP contribution in [0.2, 0.25) is 0 Å². The van der Waals surface area contributed by atoms with Gasteiger partial charge in [-0.05, 0) is 57.7 Å². The average Bonchev–Trinajstić information content (AvgIpc) is 3.38. The molecule has 202 valence electrons. The van der Waals surface area contributed by atoms with E-state index in [-0.39, 0.29) is 11.7 Å². The van der Waals surface area contributed by atoms with Gasteiger partial charge in [0.25, 0.3) is 0 Å². The predicted octanol–water partition coefficient (Wildman–Crippen LogP) is 4.14. The highest BCUT2D eigenvalue weighted by atomic mass is 19.1. The lowest BCUT2D eigenvalue weighted by Crippen LogP contribution is -2.32. The van der Waals surface area contributed by atoms with Gasteiger partial charge >= 0.3 is 0 Å². The maximum atomic E-state index is 13.0. The van der Waals surface area contributed by atoms with Crippen molar-refractivity contribution in [3.8, 4) is 0 Å². The van der Waals surface area contributed by atoms with Gasteiger partial charge in [-0.1, -0.05) is 30.0 Å². The van der Waals surface area contributed by atoms with E-state index in [4.69, 9.17) is 5.41 Å². The second kappa shape index (κ2) is 13.4. The fourth-order valence-electron chi connectivity index (χ4n) is 4.46. The first-order valence-corrected chi connectivity index (χ1v) is 12.9. The Kier molecular flexibility index (Phi) is 9.50. The number of carbonyl (C=O) groups excluding carboxylic acids is 1. The normalized spacial score (nSPS) is 23.1. The largest absolute Gasteiger partial charge is 0.381 e. The molecule has 0 saturated carbocycles. The zero-order chi connectivity index (χ0) is 27.6. The molecule has 0 spiro atoms. The summed E-state index contributed by atoms with van der Waals surface area (Å²) in [5.74, 6) is -0.0859. The van der Waals surface area contributed by atoms with E-state index in [2.05, 4.69) is 38.2 Å². The molecule has 1 atom stereocenters. The fraction of sp³-hybridized carbons (Fsp3) is 0.310. The summed E-state index contributed by atoms with van der Waals surface area (Å²) in [5, 5.41) is 21.4. The molecule has 4 aliphatic rings. The molecule has 5 rings (SSSR count). The molecule has 4 aliphatic heterocycles. The number of aliphatic imine (C=N–C) groups is 1. The first-order chi connectivity index (χ1) is 19.0. The monoisotopic (exact) mass is 528 g/mol. The Morgan fingerprint density at radius 2 is 2.21 bits per heavy atom. The number of carbonyl (C=O) groups is 1. The third-order valence-corrected chi connectivity index (χ3v) is 6.51. The SMILES string of the molecule is C/C=C\N1N=C(C=O)C/C(=C2/C=CC=CCN2)C1=N.CN1CCC[C@H]1Cn1ccc(C2=C=CC=C(F)C=N2)n1. The average molecular weight is 529 g/mol.